The summed E-state index contributed by atoms with van der Waals surface area (Å²) in [5, 5.41) is 0. The number of nitrogens with zero attached hydrogens (tertiary/aromatic N) is 1. The lowest BCUT2D eigenvalue weighted by atomic mass is 10.1. The number of carbonyl (C=O) groups is 1. The number of ether oxygens (including phenoxy) is 1. The van der Waals surface area contributed by atoms with E-state index in [1.165, 1.54) is 18.5 Å². The van der Waals surface area contributed by atoms with E-state index in [1.54, 1.807) is 0 Å². The molecule has 0 bridgehead atoms. The second kappa shape index (κ2) is 5.76. The number of methoxy groups -OCH3 is 1. The summed E-state index contributed by atoms with van der Waals surface area (Å²) in [6.45, 7) is 0.143. The average molecular weight is 290 g/mol. The molecule has 2 fully saturated rings. The Labute approximate surface area is 114 Å². The zero-order valence-corrected chi connectivity index (χ0v) is 12.3. The van der Waals surface area contributed by atoms with E-state index in [1.807, 2.05) is 0 Å². The van der Waals surface area contributed by atoms with E-state index in [-0.39, 0.29) is 19.0 Å². The van der Waals surface area contributed by atoms with Gasteiger partial charge < -0.3 is 4.74 Å². The lowest BCUT2D eigenvalue weighted by molar-refractivity contribution is -0.140. The first-order valence-electron chi connectivity index (χ1n) is 6.74. The van der Waals surface area contributed by atoms with Gasteiger partial charge in [-0.25, -0.2) is 0 Å². The highest BCUT2D eigenvalue weighted by Crippen LogP contribution is 2.44. The Hall–Kier alpha value is -0.660. The Balaban J connectivity index is 1.87. The maximum absolute atomic E-state index is 12.2. The van der Waals surface area contributed by atoms with Gasteiger partial charge in [0.05, 0.1) is 13.5 Å². The first-order chi connectivity index (χ1) is 8.94. The van der Waals surface area contributed by atoms with E-state index in [0.717, 1.165) is 25.7 Å². The maximum Gasteiger partial charge on any atom is 0.306 e. The third kappa shape index (κ3) is 4.15. The van der Waals surface area contributed by atoms with Crippen molar-refractivity contribution in [1.29, 1.82) is 0 Å². The van der Waals surface area contributed by atoms with Crippen molar-refractivity contribution in [2.75, 3.05) is 20.7 Å². The van der Waals surface area contributed by atoms with Crippen LogP contribution in [0.2, 0.25) is 0 Å². The summed E-state index contributed by atoms with van der Waals surface area (Å²) in [4.78, 5) is 11.0. The highest BCUT2D eigenvalue weighted by atomic mass is 32.2. The third-order valence-electron chi connectivity index (χ3n) is 3.81. The Bertz CT molecular complexity index is 417. The van der Waals surface area contributed by atoms with Crippen molar-refractivity contribution < 1.29 is 17.9 Å². The summed E-state index contributed by atoms with van der Waals surface area (Å²) >= 11 is 0. The SMILES string of the molecule is COC(=O)CCN(C)S(=O)(=O)NC(C1CC1)C1CC1. The topological polar surface area (TPSA) is 75.7 Å². The summed E-state index contributed by atoms with van der Waals surface area (Å²) in [7, 11) is -0.713. The smallest absolute Gasteiger partial charge is 0.306 e. The van der Waals surface area contributed by atoms with Crippen LogP contribution in [-0.2, 0) is 19.7 Å². The molecule has 0 atom stereocenters. The van der Waals surface area contributed by atoms with Gasteiger partial charge in [0.15, 0.2) is 0 Å². The minimum Gasteiger partial charge on any atom is -0.469 e. The highest BCUT2D eigenvalue weighted by Gasteiger charge is 2.43. The quantitative estimate of drug-likeness (QED) is 0.661. The van der Waals surface area contributed by atoms with Gasteiger partial charge in [-0.1, -0.05) is 0 Å². The van der Waals surface area contributed by atoms with E-state index >= 15 is 0 Å². The minimum absolute atomic E-state index is 0.0748. The van der Waals surface area contributed by atoms with Crippen LogP contribution in [0, 0.1) is 11.8 Å². The molecule has 7 heteroatoms. The van der Waals surface area contributed by atoms with Crippen molar-refractivity contribution in [3.8, 4) is 0 Å². The van der Waals surface area contributed by atoms with Gasteiger partial charge in [-0.15, -0.1) is 0 Å². The third-order valence-corrected chi connectivity index (χ3v) is 5.39. The van der Waals surface area contributed by atoms with Gasteiger partial charge >= 0.3 is 5.97 Å². The standard InChI is InChI=1S/C12H22N2O4S/c1-14(8-7-11(15)18-2)19(16,17)13-12(9-3-4-9)10-5-6-10/h9-10,12-13H,3-8H2,1-2H3. The number of carbonyl (C=O) groups excluding carboxylic acids is 1. The van der Waals surface area contributed by atoms with E-state index in [4.69, 9.17) is 0 Å². The first kappa shape index (κ1) is 14.7. The van der Waals surface area contributed by atoms with E-state index in [0.29, 0.717) is 11.8 Å². The van der Waals surface area contributed by atoms with Gasteiger partial charge in [0.2, 0.25) is 0 Å². The monoisotopic (exact) mass is 290 g/mol. The number of rotatable bonds is 8. The van der Waals surface area contributed by atoms with Crippen molar-refractivity contribution in [3.63, 3.8) is 0 Å². The predicted octanol–water partition coefficient (Wildman–Crippen LogP) is 0.504. The molecule has 2 saturated carbocycles. The largest absolute Gasteiger partial charge is 0.469 e. The highest BCUT2D eigenvalue weighted by molar-refractivity contribution is 7.87. The second-order valence-electron chi connectivity index (χ2n) is 5.47. The van der Waals surface area contributed by atoms with Crippen LogP contribution >= 0.6 is 0 Å². The van der Waals surface area contributed by atoms with Crippen LogP contribution in [-0.4, -0.2) is 45.4 Å². The van der Waals surface area contributed by atoms with Gasteiger partial charge in [-0.2, -0.15) is 17.4 Å². The summed E-state index contributed by atoms with van der Waals surface area (Å²) in [6, 6.07) is 0.0885. The fourth-order valence-electron chi connectivity index (χ4n) is 2.22. The number of esters is 1. The fourth-order valence-corrected chi connectivity index (χ4v) is 3.46. The Kier molecular flexibility index (Phi) is 4.47. The van der Waals surface area contributed by atoms with Gasteiger partial charge in [-0.3, -0.25) is 4.79 Å². The molecule has 2 aliphatic rings. The van der Waals surface area contributed by atoms with Gasteiger partial charge in [0, 0.05) is 19.6 Å². The van der Waals surface area contributed by atoms with Gasteiger partial charge in [0.1, 0.15) is 0 Å². The molecule has 0 aromatic heterocycles. The van der Waals surface area contributed by atoms with Crippen molar-refractivity contribution >= 4 is 16.2 Å². The summed E-state index contributed by atoms with van der Waals surface area (Å²) < 4.78 is 32.8. The van der Waals surface area contributed by atoms with Crippen LogP contribution in [0.15, 0.2) is 0 Å². The summed E-state index contributed by atoms with van der Waals surface area (Å²) in [6.07, 6.45) is 4.56. The van der Waals surface area contributed by atoms with Crippen molar-refractivity contribution in [2.45, 2.75) is 38.1 Å². The molecule has 0 aliphatic heterocycles. The van der Waals surface area contributed by atoms with E-state index in [2.05, 4.69) is 9.46 Å². The zero-order valence-electron chi connectivity index (χ0n) is 11.5. The van der Waals surface area contributed by atoms with Gasteiger partial charge in [-0.05, 0) is 37.5 Å². The molecule has 0 amide bonds. The van der Waals surface area contributed by atoms with E-state index in [9.17, 15) is 13.2 Å². The zero-order chi connectivity index (χ0) is 14.0. The minimum atomic E-state index is -3.50. The van der Waals surface area contributed by atoms with Crippen LogP contribution in [0.1, 0.15) is 32.1 Å². The van der Waals surface area contributed by atoms with Crippen LogP contribution < -0.4 is 4.72 Å². The van der Waals surface area contributed by atoms with Crippen molar-refractivity contribution in [1.82, 2.24) is 9.03 Å². The lowest BCUT2D eigenvalue weighted by Crippen LogP contribution is -2.46. The van der Waals surface area contributed by atoms with Crippen molar-refractivity contribution in [2.24, 2.45) is 11.8 Å². The normalized spacial score (nSPS) is 20.0. The molecule has 2 rings (SSSR count). The molecular formula is C12H22N2O4S. The molecule has 0 heterocycles. The molecule has 0 saturated heterocycles. The summed E-state index contributed by atoms with van der Waals surface area (Å²) in [5.74, 6) is 0.621. The average Bonchev–Trinajstić information content (AvgIpc) is 3.24. The molecule has 6 nitrogen and oxygen atoms in total. The first-order valence-corrected chi connectivity index (χ1v) is 8.18. The molecule has 0 radical (unpaired) electrons. The molecule has 0 spiro atoms. The van der Waals surface area contributed by atoms with E-state index < -0.39 is 16.2 Å². The molecular weight excluding hydrogens is 268 g/mol. The summed E-state index contributed by atoms with van der Waals surface area (Å²) in [5.41, 5.74) is 0. The predicted molar refractivity (Wildman–Crippen MR) is 70.6 cm³/mol. The van der Waals surface area contributed by atoms with Crippen LogP contribution in [0.3, 0.4) is 0 Å². The molecule has 0 unspecified atom stereocenters. The number of nitrogens with one attached hydrogen (secondary N) is 1. The Morgan fingerprint density at radius 3 is 2.26 bits per heavy atom. The fraction of sp³-hybridized carbons (Fsp3) is 0.917. The number of hydrogen-bond donors (Lipinski definition) is 1. The molecule has 0 aromatic carbocycles. The van der Waals surface area contributed by atoms with Crippen molar-refractivity contribution in [3.05, 3.63) is 0 Å². The Morgan fingerprint density at radius 2 is 1.84 bits per heavy atom. The molecule has 19 heavy (non-hydrogen) atoms. The maximum atomic E-state index is 12.2. The molecule has 2 aliphatic carbocycles. The number of hydrogen-bond acceptors (Lipinski definition) is 4. The second-order valence-corrected chi connectivity index (χ2v) is 7.28. The van der Waals surface area contributed by atoms with Crippen LogP contribution in [0.25, 0.3) is 0 Å². The molecule has 0 aromatic rings. The van der Waals surface area contributed by atoms with Gasteiger partial charge in [0.25, 0.3) is 10.2 Å². The van der Waals surface area contributed by atoms with Crippen LogP contribution in [0.5, 0.6) is 0 Å². The Morgan fingerprint density at radius 1 is 1.32 bits per heavy atom. The van der Waals surface area contributed by atoms with Crippen LogP contribution in [0.4, 0.5) is 0 Å². The molecule has 110 valence electrons. The lowest BCUT2D eigenvalue weighted by Gasteiger charge is -2.23. The molecule has 1 N–H and O–H groups in total.